The summed E-state index contributed by atoms with van der Waals surface area (Å²) in [5.41, 5.74) is 6.24. The van der Waals surface area contributed by atoms with Gasteiger partial charge in [-0.1, -0.05) is 20.8 Å². The lowest BCUT2D eigenvalue weighted by Gasteiger charge is -2.34. The van der Waals surface area contributed by atoms with E-state index in [1.165, 1.54) is 6.26 Å². The zero-order valence-electron chi connectivity index (χ0n) is 12.1. The van der Waals surface area contributed by atoms with Crippen molar-refractivity contribution in [3.63, 3.8) is 0 Å². The van der Waals surface area contributed by atoms with Gasteiger partial charge in [0.05, 0.1) is 6.26 Å². The van der Waals surface area contributed by atoms with Gasteiger partial charge in [0.1, 0.15) is 0 Å². The third-order valence-corrected chi connectivity index (χ3v) is 5.55. The van der Waals surface area contributed by atoms with Crippen LogP contribution in [-0.2, 0) is 10.0 Å². The Hall–Kier alpha value is -0.130. The van der Waals surface area contributed by atoms with E-state index in [9.17, 15) is 8.42 Å². The summed E-state index contributed by atoms with van der Waals surface area (Å²) in [6.07, 6.45) is 4.29. The standard InChI is InChI=1S/C13H28N2O2S/c1-10(2)11(3)13(14)8-12-6-5-7-15(9-12)18(4,16)17/h10-13H,5-9,14H2,1-4H3. The van der Waals surface area contributed by atoms with E-state index >= 15 is 0 Å². The van der Waals surface area contributed by atoms with Crippen LogP contribution in [0.4, 0.5) is 0 Å². The number of rotatable bonds is 5. The van der Waals surface area contributed by atoms with E-state index in [0.29, 0.717) is 30.8 Å². The Kier molecular flexibility index (Phi) is 5.62. The molecule has 108 valence electrons. The zero-order chi connectivity index (χ0) is 13.9. The molecule has 5 heteroatoms. The molecular formula is C13H28N2O2S. The highest BCUT2D eigenvalue weighted by Gasteiger charge is 2.28. The first kappa shape index (κ1) is 15.9. The molecule has 1 heterocycles. The summed E-state index contributed by atoms with van der Waals surface area (Å²) < 4.78 is 24.7. The number of hydrogen-bond acceptors (Lipinski definition) is 3. The summed E-state index contributed by atoms with van der Waals surface area (Å²) >= 11 is 0. The number of sulfonamides is 1. The second kappa shape index (κ2) is 6.35. The van der Waals surface area contributed by atoms with Crippen molar-refractivity contribution < 1.29 is 8.42 Å². The van der Waals surface area contributed by atoms with Crippen molar-refractivity contribution in [2.75, 3.05) is 19.3 Å². The molecular weight excluding hydrogens is 248 g/mol. The van der Waals surface area contributed by atoms with Gasteiger partial charge in [0, 0.05) is 19.1 Å². The molecule has 3 unspecified atom stereocenters. The molecule has 0 aromatic heterocycles. The van der Waals surface area contributed by atoms with Crippen LogP contribution in [0.25, 0.3) is 0 Å². The van der Waals surface area contributed by atoms with E-state index in [1.807, 2.05) is 0 Å². The average Bonchev–Trinajstić information content (AvgIpc) is 2.27. The molecule has 0 amide bonds. The molecule has 1 aliphatic heterocycles. The monoisotopic (exact) mass is 276 g/mol. The highest BCUT2D eigenvalue weighted by molar-refractivity contribution is 7.88. The van der Waals surface area contributed by atoms with Gasteiger partial charge in [0.2, 0.25) is 10.0 Å². The van der Waals surface area contributed by atoms with Crippen molar-refractivity contribution >= 4 is 10.0 Å². The predicted octanol–water partition coefficient (Wildman–Crippen LogP) is 1.67. The topological polar surface area (TPSA) is 63.4 Å². The molecule has 0 radical (unpaired) electrons. The van der Waals surface area contributed by atoms with E-state index < -0.39 is 10.0 Å². The Morgan fingerprint density at radius 1 is 1.33 bits per heavy atom. The quantitative estimate of drug-likeness (QED) is 0.831. The van der Waals surface area contributed by atoms with E-state index in [0.717, 1.165) is 19.3 Å². The highest BCUT2D eigenvalue weighted by Crippen LogP contribution is 2.25. The molecule has 1 saturated heterocycles. The molecule has 3 atom stereocenters. The second-order valence-electron chi connectivity index (χ2n) is 6.13. The van der Waals surface area contributed by atoms with Gasteiger partial charge >= 0.3 is 0 Å². The second-order valence-corrected chi connectivity index (χ2v) is 8.11. The Morgan fingerprint density at radius 2 is 1.94 bits per heavy atom. The van der Waals surface area contributed by atoms with Crippen molar-refractivity contribution in [3.05, 3.63) is 0 Å². The summed E-state index contributed by atoms with van der Waals surface area (Å²) in [6.45, 7) is 7.89. The normalized spacial score (nSPS) is 26.2. The largest absolute Gasteiger partial charge is 0.327 e. The molecule has 18 heavy (non-hydrogen) atoms. The fraction of sp³-hybridized carbons (Fsp3) is 1.00. The lowest BCUT2D eigenvalue weighted by molar-refractivity contribution is 0.219. The molecule has 0 aromatic carbocycles. The molecule has 1 rings (SSSR count). The highest BCUT2D eigenvalue weighted by atomic mass is 32.2. The number of piperidine rings is 1. The van der Waals surface area contributed by atoms with E-state index in [2.05, 4.69) is 20.8 Å². The maximum absolute atomic E-state index is 11.6. The number of nitrogens with two attached hydrogens (primary N) is 1. The maximum atomic E-state index is 11.6. The van der Waals surface area contributed by atoms with Gasteiger partial charge in [0.25, 0.3) is 0 Å². The molecule has 0 bridgehead atoms. The van der Waals surface area contributed by atoms with Gasteiger partial charge in [-0.2, -0.15) is 0 Å². The van der Waals surface area contributed by atoms with Gasteiger partial charge in [-0.25, -0.2) is 12.7 Å². The van der Waals surface area contributed by atoms with Crippen LogP contribution in [0.5, 0.6) is 0 Å². The van der Waals surface area contributed by atoms with Gasteiger partial charge in [0.15, 0.2) is 0 Å². The van der Waals surface area contributed by atoms with Crippen LogP contribution in [0.3, 0.4) is 0 Å². The summed E-state index contributed by atoms with van der Waals surface area (Å²) in [4.78, 5) is 0. The fourth-order valence-corrected chi connectivity index (χ4v) is 3.56. The minimum absolute atomic E-state index is 0.175. The van der Waals surface area contributed by atoms with Crippen LogP contribution in [0.1, 0.15) is 40.0 Å². The SMILES string of the molecule is CC(C)C(C)C(N)CC1CCCN(S(C)(=O)=O)C1. The summed E-state index contributed by atoms with van der Waals surface area (Å²) in [7, 11) is -3.04. The summed E-state index contributed by atoms with van der Waals surface area (Å²) in [6, 6.07) is 0.175. The molecule has 0 spiro atoms. The smallest absolute Gasteiger partial charge is 0.211 e. The lowest BCUT2D eigenvalue weighted by Crippen LogP contribution is -2.42. The first-order valence-corrected chi connectivity index (χ1v) is 8.77. The Morgan fingerprint density at radius 3 is 2.44 bits per heavy atom. The van der Waals surface area contributed by atoms with Crippen LogP contribution in [0.2, 0.25) is 0 Å². The third kappa shape index (κ3) is 4.52. The van der Waals surface area contributed by atoms with Crippen molar-refractivity contribution in [1.29, 1.82) is 0 Å². The van der Waals surface area contributed by atoms with Crippen LogP contribution in [-0.4, -0.2) is 38.1 Å². The van der Waals surface area contributed by atoms with Crippen LogP contribution in [0.15, 0.2) is 0 Å². The number of nitrogens with zero attached hydrogens (tertiary/aromatic N) is 1. The zero-order valence-corrected chi connectivity index (χ0v) is 12.9. The van der Waals surface area contributed by atoms with Crippen molar-refractivity contribution in [3.8, 4) is 0 Å². The number of hydrogen-bond donors (Lipinski definition) is 1. The fourth-order valence-electron chi connectivity index (χ4n) is 2.61. The molecule has 0 saturated carbocycles. The van der Waals surface area contributed by atoms with E-state index in [-0.39, 0.29) is 6.04 Å². The van der Waals surface area contributed by atoms with E-state index in [1.54, 1.807) is 4.31 Å². The van der Waals surface area contributed by atoms with Crippen LogP contribution in [0, 0.1) is 17.8 Å². The average molecular weight is 276 g/mol. The predicted molar refractivity (Wildman–Crippen MR) is 75.7 cm³/mol. The first-order chi connectivity index (χ1) is 8.21. The van der Waals surface area contributed by atoms with Crippen molar-refractivity contribution in [1.82, 2.24) is 4.31 Å². The minimum Gasteiger partial charge on any atom is -0.327 e. The maximum Gasteiger partial charge on any atom is 0.211 e. The van der Waals surface area contributed by atoms with Gasteiger partial charge < -0.3 is 5.73 Å². The van der Waals surface area contributed by atoms with Crippen molar-refractivity contribution in [2.45, 2.75) is 46.1 Å². The third-order valence-electron chi connectivity index (χ3n) is 4.28. The summed E-state index contributed by atoms with van der Waals surface area (Å²) in [5, 5.41) is 0. The lowest BCUT2D eigenvalue weighted by atomic mass is 9.83. The molecule has 0 aromatic rings. The van der Waals surface area contributed by atoms with Crippen LogP contribution >= 0.6 is 0 Å². The van der Waals surface area contributed by atoms with Crippen LogP contribution < -0.4 is 5.73 Å². The van der Waals surface area contributed by atoms with Gasteiger partial charge in [-0.15, -0.1) is 0 Å². The summed E-state index contributed by atoms with van der Waals surface area (Å²) in [5.74, 6) is 1.48. The molecule has 0 aliphatic carbocycles. The van der Waals surface area contributed by atoms with Crippen molar-refractivity contribution in [2.24, 2.45) is 23.5 Å². The van der Waals surface area contributed by atoms with E-state index in [4.69, 9.17) is 5.73 Å². The first-order valence-electron chi connectivity index (χ1n) is 6.92. The van der Waals surface area contributed by atoms with Gasteiger partial charge in [-0.3, -0.25) is 0 Å². The Balaban J connectivity index is 2.53. The molecule has 1 fully saturated rings. The Bertz CT molecular complexity index is 354. The molecule has 4 nitrogen and oxygen atoms in total. The minimum atomic E-state index is -3.04. The molecule has 1 aliphatic rings. The Labute approximate surface area is 112 Å². The molecule has 2 N–H and O–H groups in total. The van der Waals surface area contributed by atoms with Gasteiger partial charge in [-0.05, 0) is 37.0 Å².